The fraction of sp³-hybridized carbons (Fsp3) is 0.556. The molecule has 0 fully saturated rings. The Morgan fingerprint density at radius 3 is 2.57 bits per heavy atom. The van der Waals surface area contributed by atoms with Crippen molar-refractivity contribution >= 4 is 28.4 Å². The van der Waals surface area contributed by atoms with Crippen LogP contribution in [0.5, 0.6) is 0 Å². The SMILES string of the molecule is COC(c1ncc(I)c(N)n1)C(C)C. The van der Waals surface area contributed by atoms with Crippen LogP contribution in [-0.4, -0.2) is 17.1 Å². The monoisotopic (exact) mass is 307 g/mol. The number of ether oxygens (including phenoxy) is 1. The highest BCUT2D eigenvalue weighted by atomic mass is 127. The van der Waals surface area contributed by atoms with E-state index in [1.807, 2.05) is 0 Å². The third-order valence-electron chi connectivity index (χ3n) is 1.90. The zero-order chi connectivity index (χ0) is 10.7. The van der Waals surface area contributed by atoms with Gasteiger partial charge in [0.15, 0.2) is 5.82 Å². The van der Waals surface area contributed by atoms with Gasteiger partial charge in [0.05, 0.1) is 3.57 Å². The first kappa shape index (κ1) is 11.6. The van der Waals surface area contributed by atoms with Crippen LogP contribution in [0.3, 0.4) is 0 Å². The third-order valence-corrected chi connectivity index (χ3v) is 2.73. The Kier molecular flexibility index (Phi) is 4.06. The van der Waals surface area contributed by atoms with Crippen LogP contribution in [0.4, 0.5) is 5.82 Å². The van der Waals surface area contributed by atoms with Crippen LogP contribution in [0.2, 0.25) is 0 Å². The van der Waals surface area contributed by atoms with Gasteiger partial charge in [-0.1, -0.05) is 13.8 Å². The Morgan fingerprint density at radius 1 is 1.50 bits per heavy atom. The van der Waals surface area contributed by atoms with Gasteiger partial charge in [-0.25, -0.2) is 9.97 Å². The molecule has 0 aliphatic rings. The van der Waals surface area contributed by atoms with Gasteiger partial charge in [0.1, 0.15) is 11.9 Å². The van der Waals surface area contributed by atoms with Gasteiger partial charge < -0.3 is 10.5 Å². The van der Waals surface area contributed by atoms with Crippen LogP contribution in [0.25, 0.3) is 0 Å². The molecule has 2 N–H and O–H groups in total. The highest BCUT2D eigenvalue weighted by molar-refractivity contribution is 14.1. The smallest absolute Gasteiger partial charge is 0.159 e. The molecule has 0 aromatic carbocycles. The molecular weight excluding hydrogens is 293 g/mol. The predicted octanol–water partition coefficient (Wildman–Crippen LogP) is 2.01. The summed E-state index contributed by atoms with van der Waals surface area (Å²) < 4.78 is 6.18. The van der Waals surface area contributed by atoms with E-state index in [1.54, 1.807) is 13.3 Å². The van der Waals surface area contributed by atoms with Gasteiger partial charge in [-0.05, 0) is 28.5 Å². The van der Waals surface area contributed by atoms with E-state index in [0.717, 1.165) is 3.57 Å². The van der Waals surface area contributed by atoms with Crippen molar-refractivity contribution in [3.63, 3.8) is 0 Å². The second-order valence-electron chi connectivity index (χ2n) is 3.36. The van der Waals surface area contributed by atoms with Gasteiger partial charge in [0.25, 0.3) is 0 Å². The number of rotatable bonds is 3. The molecule has 1 aromatic rings. The van der Waals surface area contributed by atoms with Gasteiger partial charge in [-0.2, -0.15) is 0 Å². The minimum absolute atomic E-state index is 0.0886. The molecule has 0 aliphatic heterocycles. The van der Waals surface area contributed by atoms with E-state index in [1.165, 1.54) is 0 Å². The number of nitrogens with zero attached hydrogens (tertiary/aromatic N) is 2. The van der Waals surface area contributed by atoms with Gasteiger partial charge in [-0.3, -0.25) is 0 Å². The fourth-order valence-corrected chi connectivity index (χ4v) is 1.47. The zero-order valence-electron chi connectivity index (χ0n) is 8.49. The standard InChI is InChI=1S/C9H14IN3O/c1-5(2)7(14-3)9-12-4-6(10)8(11)13-9/h4-5,7H,1-3H3,(H2,11,12,13). The summed E-state index contributed by atoms with van der Waals surface area (Å²) in [5, 5.41) is 0. The van der Waals surface area contributed by atoms with Gasteiger partial charge in [0, 0.05) is 13.3 Å². The summed E-state index contributed by atoms with van der Waals surface area (Å²) in [4.78, 5) is 8.41. The molecular formula is C9H14IN3O. The number of hydrogen-bond acceptors (Lipinski definition) is 4. The topological polar surface area (TPSA) is 61.0 Å². The average Bonchev–Trinajstić information content (AvgIpc) is 2.11. The van der Waals surface area contributed by atoms with Crippen molar-refractivity contribution in [2.75, 3.05) is 12.8 Å². The molecule has 0 saturated carbocycles. The van der Waals surface area contributed by atoms with E-state index in [-0.39, 0.29) is 6.10 Å². The first-order valence-corrected chi connectivity index (χ1v) is 5.44. The lowest BCUT2D eigenvalue weighted by Gasteiger charge is -2.17. The minimum Gasteiger partial charge on any atom is -0.383 e. The molecule has 0 radical (unpaired) electrons. The molecule has 1 aromatic heterocycles. The number of aromatic nitrogens is 2. The molecule has 78 valence electrons. The molecule has 0 spiro atoms. The summed E-state index contributed by atoms with van der Waals surface area (Å²) >= 11 is 2.10. The molecule has 0 saturated heterocycles. The van der Waals surface area contributed by atoms with Crippen molar-refractivity contribution in [2.24, 2.45) is 5.92 Å². The first-order chi connectivity index (χ1) is 6.56. The summed E-state index contributed by atoms with van der Waals surface area (Å²) in [5.74, 6) is 1.50. The number of nitrogens with two attached hydrogens (primary N) is 1. The molecule has 14 heavy (non-hydrogen) atoms. The third kappa shape index (κ3) is 2.54. The second-order valence-corrected chi connectivity index (χ2v) is 4.52. The van der Waals surface area contributed by atoms with Crippen LogP contribution in [0, 0.1) is 9.49 Å². The van der Waals surface area contributed by atoms with E-state index in [0.29, 0.717) is 17.6 Å². The van der Waals surface area contributed by atoms with Crippen molar-refractivity contribution in [2.45, 2.75) is 20.0 Å². The number of hydrogen-bond donors (Lipinski definition) is 1. The Morgan fingerprint density at radius 2 is 2.14 bits per heavy atom. The number of nitrogen functional groups attached to an aromatic ring is 1. The number of anilines is 1. The van der Waals surface area contributed by atoms with E-state index >= 15 is 0 Å². The highest BCUT2D eigenvalue weighted by Crippen LogP contribution is 2.23. The van der Waals surface area contributed by atoms with Crippen LogP contribution in [-0.2, 0) is 4.74 Å². The lowest BCUT2D eigenvalue weighted by atomic mass is 10.1. The quantitative estimate of drug-likeness (QED) is 0.868. The maximum atomic E-state index is 5.70. The molecule has 5 heteroatoms. The Hall–Kier alpha value is -0.430. The first-order valence-electron chi connectivity index (χ1n) is 4.37. The van der Waals surface area contributed by atoms with Crippen LogP contribution < -0.4 is 5.73 Å². The van der Waals surface area contributed by atoms with Crippen molar-refractivity contribution < 1.29 is 4.74 Å². The van der Waals surface area contributed by atoms with Crippen molar-refractivity contribution in [1.82, 2.24) is 9.97 Å². The Balaban J connectivity index is 3.00. The van der Waals surface area contributed by atoms with E-state index in [9.17, 15) is 0 Å². The fourth-order valence-electron chi connectivity index (χ4n) is 1.21. The predicted molar refractivity (Wildman–Crippen MR) is 63.7 cm³/mol. The van der Waals surface area contributed by atoms with Crippen LogP contribution in [0.15, 0.2) is 6.20 Å². The van der Waals surface area contributed by atoms with Crippen LogP contribution >= 0.6 is 22.6 Å². The number of methoxy groups -OCH3 is 1. The molecule has 1 unspecified atom stereocenters. The molecule has 0 amide bonds. The molecule has 0 bridgehead atoms. The van der Waals surface area contributed by atoms with E-state index in [4.69, 9.17) is 10.5 Å². The van der Waals surface area contributed by atoms with Crippen molar-refractivity contribution in [3.8, 4) is 0 Å². The molecule has 4 nitrogen and oxygen atoms in total. The van der Waals surface area contributed by atoms with Gasteiger partial charge in [0.2, 0.25) is 0 Å². The molecule has 0 aliphatic carbocycles. The van der Waals surface area contributed by atoms with Gasteiger partial charge in [-0.15, -0.1) is 0 Å². The molecule has 1 rings (SSSR count). The lowest BCUT2D eigenvalue weighted by molar-refractivity contribution is 0.0575. The summed E-state index contributed by atoms with van der Waals surface area (Å²) in [6, 6.07) is 0. The van der Waals surface area contributed by atoms with Crippen LogP contribution in [0.1, 0.15) is 25.8 Å². The lowest BCUT2D eigenvalue weighted by Crippen LogP contribution is -2.14. The maximum Gasteiger partial charge on any atom is 0.159 e. The highest BCUT2D eigenvalue weighted by Gasteiger charge is 2.18. The number of halogens is 1. The summed E-state index contributed by atoms with van der Waals surface area (Å²) in [6.07, 6.45) is 1.63. The zero-order valence-corrected chi connectivity index (χ0v) is 10.6. The normalized spacial score (nSPS) is 13.2. The maximum absolute atomic E-state index is 5.70. The average molecular weight is 307 g/mol. The molecule has 1 heterocycles. The van der Waals surface area contributed by atoms with Gasteiger partial charge >= 0.3 is 0 Å². The van der Waals surface area contributed by atoms with E-state index < -0.39 is 0 Å². The largest absolute Gasteiger partial charge is 0.383 e. The van der Waals surface area contributed by atoms with Crippen molar-refractivity contribution in [1.29, 1.82) is 0 Å². The minimum atomic E-state index is -0.0886. The van der Waals surface area contributed by atoms with E-state index in [2.05, 4.69) is 46.4 Å². The summed E-state index contributed by atoms with van der Waals surface area (Å²) in [6.45, 7) is 4.12. The second kappa shape index (κ2) is 4.88. The molecule has 1 atom stereocenters. The summed E-state index contributed by atoms with van der Waals surface area (Å²) in [5.41, 5.74) is 5.70. The Bertz CT molecular complexity index is 317. The Labute approximate surface area is 97.4 Å². The van der Waals surface area contributed by atoms with Crippen molar-refractivity contribution in [3.05, 3.63) is 15.6 Å². The summed E-state index contributed by atoms with van der Waals surface area (Å²) in [7, 11) is 1.65.